The van der Waals surface area contributed by atoms with Gasteiger partial charge in [0.1, 0.15) is 5.69 Å². The number of hydrogen-bond donors (Lipinski definition) is 1. The van der Waals surface area contributed by atoms with Gasteiger partial charge in [0.15, 0.2) is 0 Å². The molecule has 7 heteroatoms. The third kappa shape index (κ3) is 3.89. The highest BCUT2D eigenvalue weighted by atomic mass is 32.2. The van der Waals surface area contributed by atoms with Crippen molar-refractivity contribution in [1.29, 1.82) is 0 Å². The lowest BCUT2D eigenvalue weighted by molar-refractivity contribution is 0.0677. The summed E-state index contributed by atoms with van der Waals surface area (Å²) >= 11 is 0. The molecule has 6 nitrogen and oxygen atoms in total. The molecule has 0 bridgehead atoms. The molecule has 2 saturated heterocycles. The van der Waals surface area contributed by atoms with Gasteiger partial charge in [-0.3, -0.25) is 4.79 Å². The van der Waals surface area contributed by atoms with E-state index in [1.54, 1.807) is 22.5 Å². The number of sulfonamides is 1. The van der Waals surface area contributed by atoms with Crippen LogP contribution >= 0.6 is 0 Å². The monoisotopic (exact) mass is 431 g/mol. The SMILES string of the molecule is Cc1c(C(=O)N2CCCC(C)C2)[nH]c2ccc(S(=O)(=O)N3CC(C)CC(C)C3)cc12. The summed E-state index contributed by atoms with van der Waals surface area (Å²) in [5, 5.41) is 0.808. The van der Waals surface area contributed by atoms with Crippen LogP contribution in [0.5, 0.6) is 0 Å². The van der Waals surface area contributed by atoms with Crippen molar-refractivity contribution in [2.45, 2.75) is 51.9 Å². The van der Waals surface area contributed by atoms with Crippen LogP contribution in [0.2, 0.25) is 0 Å². The lowest BCUT2D eigenvalue weighted by Crippen LogP contribution is -2.42. The third-order valence-electron chi connectivity index (χ3n) is 6.66. The highest BCUT2D eigenvalue weighted by Gasteiger charge is 2.32. The van der Waals surface area contributed by atoms with E-state index >= 15 is 0 Å². The van der Waals surface area contributed by atoms with Gasteiger partial charge in [0.2, 0.25) is 10.0 Å². The number of rotatable bonds is 3. The molecule has 3 heterocycles. The van der Waals surface area contributed by atoms with Crippen molar-refractivity contribution in [3.05, 3.63) is 29.5 Å². The Kier molecular flexibility index (Phi) is 5.70. The molecule has 3 unspecified atom stereocenters. The number of aromatic amines is 1. The Morgan fingerprint density at radius 2 is 1.77 bits per heavy atom. The van der Waals surface area contributed by atoms with Gasteiger partial charge in [-0.05, 0) is 67.7 Å². The summed E-state index contributed by atoms with van der Waals surface area (Å²) in [5.41, 5.74) is 2.21. The van der Waals surface area contributed by atoms with Crippen LogP contribution in [-0.2, 0) is 10.0 Å². The number of likely N-dealkylation sites (tertiary alicyclic amines) is 1. The largest absolute Gasteiger partial charge is 0.350 e. The molecule has 1 aromatic heterocycles. The Morgan fingerprint density at radius 3 is 2.43 bits per heavy atom. The third-order valence-corrected chi connectivity index (χ3v) is 8.49. The first-order valence-corrected chi connectivity index (χ1v) is 12.5. The molecular weight excluding hydrogens is 398 g/mol. The van der Waals surface area contributed by atoms with Gasteiger partial charge in [-0.25, -0.2) is 8.42 Å². The van der Waals surface area contributed by atoms with Gasteiger partial charge in [0, 0.05) is 37.1 Å². The van der Waals surface area contributed by atoms with E-state index < -0.39 is 10.0 Å². The van der Waals surface area contributed by atoms with E-state index in [1.165, 1.54) is 0 Å². The number of H-pyrrole nitrogens is 1. The van der Waals surface area contributed by atoms with E-state index in [4.69, 9.17) is 0 Å². The molecule has 2 aliphatic heterocycles. The molecule has 1 N–H and O–H groups in total. The van der Waals surface area contributed by atoms with Gasteiger partial charge in [0.25, 0.3) is 5.91 Å². The molecule has 0 spiro atoms. The molecule has 0 radical (unpaired) electrons. The molecule has 0 aliphatic carbocycles. The van der Waals surface area contributed by atoms with Gasteiger partial charge in [-0.15, -0.1) is 0 Å². The number of aryl methyl sites for hydroxylation is 1. The number of aromatic nitrogens is 1. The number of benzene rings is 1. The minimum atomic E-state index is -3.55. The first-order valence-electron chi connectivity index (χ1n) is 11.1. The minimum Gasteiger partial charge on any atom is -0.350 e. The van der Waals surface area contributed by atoms with Crippen molar-refractivity contribution >= 4 is 26.8 Å². The molecule has 2 aliphatic rings. The summed E-state index contributed by atoms with van der Waals surface area (Å²) in [4.78, 5) is 18.6. The molecule has 1 amide bonds. The van der Waals surface area contributed by atoms with Gasteiger partial charge >= 0.3 is 0 Å². The first kappa shape index (κ1) is 21.4. The molecule has 4 rings (SSSR count). The minimum absolute atomic E-state index is 0.0123. The number of carbonyl (C=O) groups excluding carboxylic acids is 1. The Bertz CT molecular complexity index is 1050. The molecule has 2 fully saturated rings. The van der Waals surface area contributed by atoms with Crippen molar-refractivity contribution < 1.29 is 13.2 Å². The predicted molar refractivity (Wildman–Crippen MR) is 119 cm³/mol. The lowest BCUT2D eigenvalue weighted by atomic mass is 9.94. The number of fused-ring (bicyclic) bond motifs is 1. The second-order valence-corrected chi connectivity index (χ2v) is 11.5. The van der Waals surface area contributed by atoms with Crippen molar-refractivity contribution in [3.63, 3.8) is 0 Å². The van der Waals surface area contributed by atoms with Crippen LogP contribution in [0.4, 0.5) is 0 Å². The van der Waals surface area contributed by atoms with E-state index in [1.807, 2.05) is 11.8 Å². The van der Waals surface area contributed by atoms with Gasteiger partial charge in [-0.1, -0.05) is 20.8 Å². The van der Waals surface area contributed by atoms with Crippen molar-refractivity contribution in [1.82, 2.24) is 14.2 Å². The second-order valence-electron chi connectivity index (χ2n) is 9.60. The summed E-state index contributed by atoms with van der Waals surface area (Å²) in [7, 11) is -3.55. The van der Waals surface area contributed by atoms with E-state index in [9.17, 15) is 13.2 Å². The van der Waals surface area contributed by atoms with Gasteiger partial charge in [0.05, 0.1) is 4.90 Å². The number of carbonyl (C=O) groups is 1. The smallest absolute Gasteiger partial charge is 0.270 e. The van der Waals surface area contributed by atoms with Crippen molar-refractivity contribution in [3.8, 4) is 0 Å². The van der Waals surface area contributed by atoms with E-state index in [-0.39, 0.29) is 5.91 Å². The topological polar surface area (TPSA) is 73.5 Å². The van der Waals surface area contributed by atoms with Crippen LogP contribution in [-0.4, -0.2) is 54.7 Å². The number of piperidine rings is 2. The zero-order chi connectivity index (χ0) is 21.6. The van der Waals surface area contributed by atoms with Crippen LogP contribution in [0.15, 0.2) is 23.1 Å². The lowest BCUT2D eigenvalue weighted by Gasteiger charge is -2.34. The highest BCUT2D eigenvalue weighted by Crippen LogP contribution is 2.30. The summed E-state index contributed by atoms with van der Waals surface area (Å²) in [6.45, 7) is 11.0. The molecule has 3 atom stereocenters. The second kappa shape index (κ2) is 8.00. The Morgan fingerprint density at radius 1 is 1.07 bits per heavy atom. The fourth-order valence-electron chi connectivity index (χ4n) is 5.16. The summed E-state index contributed by atoms with van der Waals surface area (Å²) in [6, 6.07) is 5.19. The normalized spacial score (nSPS) is 26.3. The average molecular weight is 432 g/mol. The average Bonchev–Trinajstić information content (AvgIpc) is 3.03. The zero-order valence-electron chi connectivity index (χ0n) is 18.4. The van der Waals surface area contributed by atoms with Crippen LogP contribution in [0.1, 0.15) is 56.1 Å². The molecule has 2 aromatic rings. The maximum Gasteiger partial charge on any atom is 0.270 e. The molecular formula is C23H33N3O3S. The van der Waals surface area contributed by atoms with E-state index in [0.717, 1.165) is 48.8 Å². The fourth-order valence-corrected chi connectivity index (χ4v) is 6.87. The van der Waals surface area contributed by atoms with Gasteiger partial charge < -0.3 is 9.88 Å². The maximum absolute atomic E-state index is 13.3. The fraction of sp³-hybridized carbons (Fsp3) is 0.609. The van der Waals surface area contributed by atoms with Gasteiger partial charge in [-0.2, -0.15) is 4.31 Å². The number of amides is 1. The summed E-state index contributed by atoms with van der Waals surface area (Å²) in [5.74, 6) is 1.24. The quantitative estimate of drug-likeness (QED) is 0.798. The molecule has 30 heavy (non-hydrogen) atoms. The Hall–Kier alpha value is -1.86. The van der Waals surface area contributed by atoms with Crippen molar-refractivity contribution in [2.75, 3.05) is 26.2 Å². The van der Waals surface area contributed by atoms with Crippen LogP contribution in [0.3, 0.4) is 0 Å². The molecule has 0 saturated carbocycles. The van der Waals surface area contributed by atoms with Crippen LogP contribution in [0, 0.1) is 24.7 Å². The zero-order valence-corrected chi connectivity index (χ0v) is 19.3. The predicted octanol–water partition coefficient (Wildman–Crippen LogP) is 4.02. The molecule has 1 aromatic carbocycles. The number of nitrogens with one attached hydrogen (secondary N) is 1. The molecule has 164 valence electrons. The first-order chi connectivity index (χ1) is 14.2. The summed E-state index contributed by atoms with van der Waals surface area (Å²) in [6.07, 6.45) is 3.24. The van der Waals surface area contributed by atoms with Crippen LogP contribution in [0.25, 0.3) is 10.9 Å². The number of hydrogen-bond acceptors (Lipinski definition) is 3. The Balaban J connectivity index is 1.66. The maximum atomic E-state index is 13.3. The summed E-state index contributed by atoms with van der Waals surface area (Å²) < 4.78 is 28.2. The Labute approximate surface area is 179 Å². The van der Waals surface area contributed by atoms with Crippen LogP contribution < -0.4 is 0 Å². The van der Waals surface area contributed by atoms with E-state index in [0.29, 0.717) is 41.4 Å². The van der Waals surface area contributed by atoms with E-state index in [2.05, 4.69) is 25.8 Å². The standard InChI is InChI=1S/C23H33N3O3S/c1-15-6-5-9-25(12-15)23(27)22-18(4)20-11-19(7-8-21(20)24-22)30(28,29)26-13-16(2)10-17(3)14-26/h7-8,11,15-17,24H,5-6,9-10,12-14H2,1-4H3. The number of nitrogens with zero attached hydrogens (tertiary/aromatic N) is 2. The highest BCUT2D eigenvalue weighted by molar-refractivity contribution is 7.89. The van der Waals surface area contributed by atoms with Crippen molar-refractivity contribution in [2.24, 2.45) is 17.8 Å².